The third kappa shape index (κ3) is 4.88. The van der Waals surface area contributed by atoms with E-state index in [9.17, 15) is 4.79 Å². The number of thiocarbonyl (C=S) groups is 1. The molecule has 2 aromatic carbocycles. The van der Waals surface area contributed by atoms with E-state index in [4.69, 9.17) is 35.4 Å². The Morgan fingerprint density at radius 3 is 2.38 bits per heavy atom. The SMILES string of the molecule is CC(C)C1NC2(CCN(C(=S)Nc3cc(Cl)cc(Cl)c3)CC2)N(Cc2ccccc2)C1=O. The van der Waals surface area contributed by atoms with Crippen LogP contribution < -0.4 is 10.6 Å². The maximum absolute atomic E-state index is 13.3. The molecule has 2 N–H and O–H groups in total. The quantitative estimate of drug-likeness (QED) is 0.581. The van der Waals surface area contributed by atoms with Crippen molar-refractivity contribution in [2.75, 3.05) is 18.4 Å². The Kier molecular flexibility index (Phi) is 6.96. The van der Waals surface area contributed by atoms with E-state index >= 15 is 0 Å². The Morgan fingerprint density at radius 1 is 1.16 bits per heavy atom. The molecule has 0 radical (unpaired) electrons. The number of nitrogens with one attached hydrogen (secondary N) is 2. The van der Waals surface area contributed by atoms with Crippen molar-refractivity contribution in [1.29, 1.82) is 0 Å². The average Bonchev–Trinajstić information content (AvgIpc) is 3.00. The minimum Gasteiger partial charge on any atom is -0.349 e. The van der Waals surface area contributed by atoms with Gasteiger partial charge in [0, 0.05) is 48.2 Å². The van der Waals surface area contributed by atoms with Gasteiger partial charge in [-0.15, -0.1) is 0 Å². The Labute approximate surface area is 205 Å². The smallest absolute Gasteiger partial charge is 0.241 e. The van der Waals surface area contributed by atoms with Gasteiger partial charge in [0.1, 0.15) is 0 Å². The standard InChI is InChI=1S/C24H28Cl2N4OS/c1-16(2)21-22(31)30(15-17-6-4-3-5-7-17)24(28-21)8-10-29(11-9-24)23(32)27-20-13-18(25)12-19(26)14-20/h3-7,12-14,16,21,28H,8-11,15H2,1-2H3,(H,27,32). The van der Waals surface area contributed by atoms with Crippen molar-refractivity contribution in [2.24, 2.45) is 5.92 Å². The molecule has 0 saturated carbocycles. The summed E-state index contributed by atoms with van der Waals surface area (Å²) >= 11 is 17.9. The van der Waals surface area contributed by atoms with E-state index in [1.165, 1.54) is 0 Å². The number of halogens is 2. The van der Waals surface area contributed by atoms with E-state index in [1.54, 1.807) is 18.2 Å². The van der Waals surface area contributed by atoms with E-state index in [0.717, 1.165) is 37.2 Å². The van der Waals surface area contributed by atoms with Crippen molar-refractivity contribution in [1.82, 2.24) is 15.1 Å². The first-order valence-electron chi connectivity index (χ1n) is 10.9. The molecule has 8 heteroatoms. The molecule has 2 heterocycles. The molecule has 1 unspecified atom stereocenters. The van der Waals surface area contributed by atoms with E-state index in [1.807, 2.05) is 18.2 Å². The van der Waals surface area contributed by atoms with Crippen molar-refractivity contribution in [3.63, 3.8) is 0 Å². The van der Waals surface area contributed by atoms with E-state index in [0.29, 0.717) is 21.7 Å². The molecule has 170 valence electrons. The zero-order valence-electron chi connectivity index (χ0n) is 18.3. The second-order valence-corrected chi connectivity index (χ2v) is 10.1. The average molecular weight is 491 g/mol. The molecule has 1 spiro atoms. The van der Waals surface area contributed by atoms with Crippen LogP contribution in [0, 0.1) is 5.92 Å². The molecule has 2 saturated heterocycles. The summed E-state index contributed by atoms with van der Waals surface area (Å²) in [5, 5.41) is 8.71. The topological polar surface area (TPSA) is 47.6 Å². The highest BCUT2D eigenvalue weighted by Gasteiger charge is 2.52. The number of piperidine rings is 1. The summed E-state index contributed by atoms with van der Waals surface area (Å²) < 4.78 is 0. The van der Waals surface area contributed by atoms with Gasteiger partial charge in [0.25, 0.3) is 0 Å². The predicted molar refractivity (Wildman–Crippen MR) is 135 cm³/mol. The number of rotatable bonds is 4. The normalized spacial score (nSPS) is 20.3. The lowest BCUT2D eigenvalue weighted by Gasteiger charge is -2.45. The Hall–Kier alpha value is -1.86. The van der Waals surface area contributed by atoms with Gasteiger partial charge < -0.3 is 15.1 Å². The molecule has 32 heavy (non-hydrogen) atoms. The highest BCUT2D eigenvalue weighted by atomic mass is 35.5. The highest BCUT2D eigenvalue weighted by molar-refractivity contribution is 7.80. The molecule has 0 aromatic heterocycles. The fourth-order valence-corrected chi connectivity index (χ4v) is 5.40. The summed E-state index contributed by atoms with van der Waals surface area (Å²) in [6.45, 7) is 6.30. The molecule has 1 atom stereocenters. The number of hydrogen-bond acceptors (Lipinski definition) is 3. The van der Waals surface area contributed by atoms with Gasteiger partial charge in [0.15, 0.2) is 5.11 Å². The molecule has 0 bridgehead atoms. The monoisotopic (exact) mass is 490 g/mol. The molecular weight excluding hydrogens is 463 g/mol. The van der Waals surface area contributed by atoms with Gasteiger partial charge in [-0.05, 0) is 41.9 Å². The van der Waals surface area contributed by atoms with Crippen molar-refractivity contribution >= 4 is 52.1 Å². The third-order valence-electron chi connectivity index (χ3n) is 6.31. The van der Waals surface area contributed by atoms with Crippen LogP contribution in [0.25, 0.3) is 0 Å². The summed E-state index contributed by atoms with van der Waals surface area (Å²) in [7, 11) is 0. The molecule has 2 fully saturated rings. The third-order valence-corrected chi connectivity index (χ3v) is 7.11. The van der Waals surface area contributed by atoms with Crippen LogP contribution in [0.15, 0.2) is 48.5 Å². The molecule has 2 aliphatic rings. The first-order valence-corrected chi connectivity index (χ1v) is 12.1. The fourth-order valence-electron chi connectivity index (χ4n) is 4.58. The summed E-state index contributed by atoms with van der Waals surface area (Å²) in [6, 6.07) is 15.3. The van der Waals surface area contributed by atoms with Crippen LogP contribution in [0.4, 0.5) is 5.69 Å². The van der Waals surface area contributed by atoms with Gasteiger partial charge in [-0.3, -0.25) is 10.1 Å². The van der Waals surface area contributed by atoms with Gasteiger partial charge in [-0.25, -0.2) is 0 Å². The number of likely N-dealkylation sites (tertiary alicyclic amines) is 1. The van der Waals surface area contributed by atoms with Crippen LogP contribution in [-0.2, 0) is 11.3 Å². The van der Waals surface area contributed by atoms with Gasteiger partial charge >= 0.3 is 0 Å². The lowest BCUT2D eigenvalue weighted by molar-refractivity contribution is -0.134. The second kappa shape index (κ2) is 9.56. The predicted octanol–water partition coefficient (Wildman–Crippen LogP) is 5.14. The Balaban J connectivity index is 1.47. The first kappa shape index (κ1) is 23.3. The maximum Gasteiger partial charge on any atom is 0.241 e. The van der Waals surface area contributed by atoms with Gasteiger partial charge in [0.05, 0.1) is 11.7 Å². The zero-order chi connectivity index (χ0) is 22.9. The Morgan fingerprint density at radius 2 is 1.78 bits per heavy atom. The highest BCUT2D eigenvalue weighted by Crippen LogP contribution is 2.36. The number of carbonyl (C=O) groups excluding carboxylic acids is 1. The van der Waals surface area contributed by atoms with Crippen LogP contribution in [0.1, 0.15) is 32.3 Å². The number of nitrogens with zero attached hydrogens (tertiary/aromatic N) is 2. The molecule has 5 nitrogen and oxygen atoms in total. The summed E-state index contributed by atoms with van der Waals surface area (Å²) in [6.07, 6.45) is 1.60. The largest absolute Gasteiger partial charge is 0.349 e. The maximum atomic E-state index is 13.3. The lowest BCUT2D eigenvalue weighted by atomic mass is 9.95. The summed E-state index contributed by atoms with van der Waals surface area (Å²) in [5.41, 5.74) is 1.56. The molecule has 4 rings (SSSR count). The van der Waals surface area contributed by atoms with Gasteiger partial charge in [-0.2, -0.15) is 0 Å². The Bertz CT molecular complexity index is 972. The summed E-state index contributed by atoms with van der Waals surface area (Å²) in [4.78, 5) is 17.5. The number of anilines is 1. The van der Waals surface area contributed by atoms with Crippen LogP contribution in [-0.4, -0.2) is 45.6 Å². The number of carbonyl (C=O) groups is 1. The number of hydrogen-bond donors (Lipinski definition) is 2. The van der Waals surface area contributed by atoms with E-state index < -0.39 is 0 Å². The molecule has 1 amide bonds. The zero-order valence-corrected chi connectivity index (χ0v) is 20.6. The molecule has 2 aliphatic heterocycles. The van der Waals surface area contributed by atoms with Crippen molar-refractivity contribution in [3.8, 4) is 0 Å². The van der Waals surface area contributed by atoms with Crippen molar-refractivity contribution in [2.45, 2.75) is 44.9 Å². The van der Waals surface area contributed by atoms with Gasteiger partial charge in [-0.1, -0.05) is 67.4 Å². The van der Waals surface area contributed by atoms with Crippen LogP contribution in [0.3, 0.4) is 0 Å². The van der Waals surface area contributed by atoms with Crippen LogP contribution in [0.5, 0.6) is 0 Å². The molecular formula is C24H28Cl2N4OS. The lowest BCUT2D eigenvalue weighted by Crippen LogP contribution is -2.59. The molecule has 2 aromatic rings. The van der Waals surface area contributed by atoms with Crippen molar-refractivity contribution < 1.29 is 4.79 Å². The second-order valence-electron chi connectivity index (χ2n) is 8.88. The van der Waals surface area contributed by atoms with Crippen LogP contribution >= 0.6 is 35.4 Å². The number of benzene rings is 2. The number of amides is 1. The van der Waals surface area contributed by atoms with Crippen LogP contribution in [0.2, 0.25) is 10.0 Å². The minimum absolute atomic E-state index is 0.163. The van der Waals surface area contributed by atoms with E-state index in [-0.39, 0.29) is 23.5 Å². The minimum atomic E-state index is -0.354. The van der Waals surface area contributed by atoms with E-state index in [2.05, 4.69) is 46.4 Å². The summed E-state index contributed by atoms with van der Waals surface area (Å²) in [5.74, 6) is 0.417. The fraction of sp³-hybridized carbons (Fsp3) is 0.417. The first-order chi connectivity index (χ1) is 15.3. The molecule has 0 aliphatic carbocycles. The van der Waals surface area contributed by atoms with Gasteiger partial charge in [0.2, 0.25) is 5.91 Å². The van der Waals surface area contributed by atoms with Crippen molar-refractivity contribution in [3.05, 3.63) is 64.1 Å².